The zero-order valence-corrected chi connectivity index (χ0v) is 11.6. The molecule has 0 aliphatic rings. The van der Waals surface area contributed by atoms with Crippen LogP contribution in [0.3, 0.4) is 0 Å². The van der Waals surface area contributed by atoms with E-state index in [9.17, 15) is 13.9 Å². The topological polar surface area (TPSA) is 46.0 Å². The summed E-state index contributed by atoms with van der Waals surface area (Å²) in [6.07, 6.45) is -1.38. The minimum Gasteiger partial charge on any atom is -0.382 e. The fourth-order valence-corrected chi connectivity index (χ4v) is 2.66. The van der Waals surface area contributed by atoms with Crippen molar-refractivity contribution in [3.63, 3.8) is 0 Å². The number of rotatable bonds is 3. The van der Waals surface area contributed by atoms with Crippen molar-refractivity contribution < 1.29 is 13.9 Å². The van der Waals surface area contributed by atoms with Crippen LogP contribution in [0.5, 0.6) is 0 Å². The number of hydrogen-bond donors (Lipinski definition) is 1. The van der Waals surface area contributed by atoms with Crippen molar-refractivity contribution in [2.24, 2.45) is 0 Å². The number of benzene rings is 1. The fraction of sp³-hybridized carbons (Fsp3) is 0.385. The van der Waals surface area contributed by atoms with Crippen molar-refractivity contribution in [1.82, 2.24) is 9.59 Å². The molecular weight excluding hydrogens is 270 g/mol. The molecule has 0 aliphatic heterocycles. The van der Waals surface area contributed by atoms with Gasteiger partial charge in [-0.25, -0.2) is 8.78 Å². The highest BCUT2D eigenvalue weighted by atomic mass is 32.1. The van der Waals surface area contributed by atoms with Crippen LogP contribution in [0.4, 0.5) is 8.78 Å². The molecule has 3 nitrogen and oxygen atoms in total. The molecule has 0 amide bonds. The average molecular weight is 284 g/mol. The van der Waals surface area contributed by atoms with Crippen molar-refractivity contribution in [2.45, 2.75) is 32.8 Å². The number of aromatic nitrogens is 2. The molecule has 6 heteroatoms. The molecular formula is C13H14F2N2OS. The second-order valence-corrected chi connectivity index (χ2v) is 5.46. The molecule has 0 saturated heterocycles. The number of nitrogens with zero attached hydrogens (tertiary/aromatic N) is 2. The molecule has 0 fully saturated rings. The quantitative estimate of drug-likeness (QED) is 0.940. The van der Waals surface area contributed by atoms with E-state index in [0.717, 1.165) is 17.6 Å². The summed E-state index contributed by atoms with van der Waals surface area (Å²) in [5.41, 5.74) is 0.518. The number of hydrogen-bond acceptors (Lipinski definition) is 4. The minimum atomic E-state index is -1.38. The Labute approximate surface area is 114 Å². The predicted molar refractivity (Wildman–Crippen MR) is 69.2 cm³/mol. The monoisotopic (exact) mass is 284 g/mol. The van der Waals surface area contributed by atoms with Gasteiger partial charge in [0.1, 0.15) is 17.7 Å². The molecule has 0 aliphatic carbocycles. The van der Waals surface area contributed by atoms with Crippen LogP contribution in [-0.4, -0.2) is 14.7 Å². The van der Waals surface area contributed by atoms with Crippen LogP contribution in [-0.2, 0) is 0 Å². The highest BCUT2D eigenvalue weighted by Crippen LogP contribution is 2.33. The van der Waals surface area contributed by atoms with Crippen LogP contribution in [0.15, 0.2) is 12.1 Å². The maximum Gasteiger partial charge on any atom is 0.135 e. The molecule has 1 atom stereocenters. The first-order chi connectivity index (χ1) is 8.93. The van der Waals surface area contributed by atoms with Crippen LogP contribution in [0.1, 0.15) is 47.6 Å². The third kappa shape index (κ3) is 2.50. The van der Waals surface area contributed by atoms with Crippen molar-refractivity contribution in [3.05, 3.63) is 45.5 Å². The van der Waals surface area contributed by atoms with Crippen LogP contribution in [0, 0.1) is 18.6 Å². The molecule has 0 spiro atoms. The lowest BCUT2D eigenvalue weighted by molar-refractivity contribution is 0.211. The Bertz CT molecular complexity index is 598. The molecule has 1 aromatic heterocycles. The Balaban J connectivity index is 2.53. The van der Waals surface area contributed by atoms with Gasteiger partial charge in [0.05, 0.1) is 16.1 Å². The van der Waals surface area contributed by atoms with E-state index in [-0.39, 0.29) is 11.5 Å². The SMILES string of the molecule is Cc1ccc(F)c(C(O)c2snnc2C(C)C)c1F. The Morgan fingerprint density at radius 3 is 2.58 bits per heavy atom. The zero-order valence-electron chi connectivity index (χ0n) is 10.8. The Kier molecular flexibility index (Phi) is 3.91. The van der Waals surface area contributed by atoms with Crippen molar-refractivity contribution in [3.8, 4) is 0 Å². The molecule has 0 bridgehead atoms. The van der Waals surface area contributed by atoms with Gasteiger partial charge < -0.3 is 5.11 Å². The highest BCUT2D eigenvalue weighted by Gasteiger charge is 2.26. The molecule has 19 heavy (non-hydrogen) atoms. The fourth-order valence-electron chi connectivity index (χ4n) is 1.85. The van der Waals surface area contributed by atoms with Gasteiger partial charge in [0, 0.05) is 0 Å². The van der Waals surface area contributed by atoms with Gasteiger partial charge in [-0.1, -0.05) is 24.4 Å². The maximum atomic E-state index is 14.0. The smallest absolute Gasteiger partial charge is 0.135 e. The average Bonchev–Trinajstić information content (AvgIpc) is 2.83. The second-order valence-electron chi connectivity index (χ2n) is 4.67. The Morgan fingerprint density at radius 1 is 1.26 bits per heavy atom. The number of aliphatic hydroxyl groups is 1. The lowest BCUT2D eigenvalue weighted by atomic mass is 10.00. The summed E-state index contributed by atoms with van der Waals surface area (Å²) in [4.78, 5) is 0.387. The molecule has 2 rings (SSSR count). The van der Waals surface area contributed by atoms with E-state index in [1.165, 1.54) is 13.0 Å². The second kappa shape index (κ2) is 5.30. The Hall–Kier alpha value is -1.40. The van der Waals surface area contributed by atoms with Gasteiger partial charge in [-0.2, -0.15) is 0 Å². The predicted octanol–water partition coefficient (Wildman–Crippen LogP) is 3.33. The van der Waals surface area contributed by atoms with Gasteiger partial charge in [0.25, 0.3) is 0 Å². The van der Waals surface area contributed by atoms with E-state index in [0.29, 0.717) is 16.1 Å². The first-order valence-corrected chi connectivity index (χ1v) is 6.65. The summed E-state index contributed by atoms with van der Waals surface area (Å²) in [7, 11) is 0. The summed E-state index contributed by atoms with van der Waals surface area (Å²) < 4.78 is 31.5. The van der Waals surface area contributed by atoms with Gasteiger partial charge in [0.15, 0.2) is 0 Å². The largest absolute Gasteiger partial charge is 0.382 e. The first kappa shape index (κ1) is 14.0. The molecule has 1 N–H and O–H groups in total. The molecule has 1 aromatic carbocycles. The third-order valence-corrected chi connectivity index (χ3v) is 3.72. The molecule has 102 valence electrons. The van der Waals surface area contributed by atoms with Crippen molar-refractivity contribution in [1.29, 1.82) is 0 Å². The van der Waals surface area contributed by atoms with Crippen molar-refractivity contribution in [2.75, 3.05) is 0 Å². The van der Waals surface area contributed by atoms with Gasteiger partial charge in [-0.3, -0.25) is 0 Å². The third-order valence-electron chi connectivity index (χ3n) is 2.93. The summed E-state index contributed by atoms with van der Waals surface area (Å²) in [5, 5.41) is 14.2. The Morgan fingerprint density at radius 2 is 1.95 bits per heavy atom. The van der Waals surface area contributed by atoms with Crippen molar-refractivity contribution >= 4 is 11.5 Å². The van der Waals surface area contributed by atoms with Gasteiger partial charge in [-0.05, 0) is 36.0 Å². The zero-order chi connectivity index (χ0) is 14.2. The molecule has 0 radical (unpaired) electrons. The molecule has 2 aromatic rings. The molecule has 1 unspecified atom stereocenters. The maximum absolute atomic E-state index is 14.0. The summed E-state index contributed by atoms with van der Waals surface area (Å²) in [5.74, 6) is -1.46. The lowest BCUT2D eigenvalue weighted by Gasteiger charge is -2.14. The summed E-state index contributed by atoms with van der Waals surface area (Å²) in [6, 6.07) is 2.50. The van der Waals surface area contributed by atoms with Crippen LogP contribution in [0.2, 0.25) is 0 Å². The van der Waals surface area contributed by atoms with E-state index in [2.05, 4.69) is 9.59 Å². The van der Waals surface area contributed by atoms with Gasteiger partial charge >= 0.3 is 0 Å². The number of aryl methyl sites for hydroxylation is 1. The molecule has 0 saturated carbocycles. The van der Waals surface area contributed by atoms with Crippen LogP contribution >= 0.6 is 11.5 Å². The van der Waals surface area contributed by atoms with Gasteiger partial charge in [-0.15, -0.1) is 5.10 Å². The highest BCUT2D eigenvalue weighted by molar-refractivity contribution is 7.05. The van der Waals surface area contributed by atoms with Crippen LogP contribution in [0.25, 0.3) is 0 Å². The van der Waals surface area contributed by atoms with Gasteiger partial charge in [0.2, 0.25) is 0 Å². The van der Waals surface area contributed by atoms with E-state index in [1.807, 2.05) is 13.8 Å². The normalized spacial score (nSPS) is 13.0. The van der Waals surface area contributed by atoms with E-state index in [4.69, 9.17) is 0 Å². The first-order valence-electron chi connectivity index (χ1n) is 5.88. The number of aliphatic hydroxyl groups excluding tert-OH is 1. The molecule has 1 heterocycles. The minimum absolute atomic E-state index is 0.0272. The van der Waals surface area contributed by atoms with E-state index in [1.54, 1.807) is 0 Å². The lowest BCUT2D eigenvalue weighted by Crippen LogP contribution is -2.08. The number of halogens is 2. The van der Waals surface area contributed by atoms with E-state index < -0.39 is 17.7 Å². The van der Waals surface area contributed by atoms with Crippen LogP contribution < -0.4 is 0 Å². The summed E-state index contributed by atoms with van der Waals surface area (Å²) in [6.45, 7) is 5.30. The standard InChI is InChI=1S/C13H14F2N2OS/c1-6(2)11-13(19-17-16-11)12(18)9-8(14)5-4-7(3)10(9)15/h4-6,12,18H,1-3H3. The summed E-state index contributed by atoms with van der Waals surface area (Å²) >= 11 is 0.960. The van der Waals surface area contributed by atoms with E-state index >= 15 is 0 Å².